The molecule has 0 radical (unpaired) electrons. The van der Waals surface area contributed by atoms with Gasteiger partial charge in [0.2, 0.25) is 0 Å². The topological polar surface area (TPSA) is 54.9 Å². The van der Waals surface area contributed by atoms with E-state index in [1.807, 2.05) is 38.4 Å². The van der Waals surface area contributed by atoms with E-state index >= 15 is 0 Å². The van der Waals surface area contributed by atoms with Crippen molar-refractivity contribution in [2.45, 2.75) is 6.42 Å². The molecule has 0 aliphatic heterocycles. The number of carbonyl (C=O) groups is 1. The number of methoxy groups -OCH3 is 1. The van der Waals surface area contributed by atoms with E-state index in [0.717, 1.165) is 17.7 Å². The maximum atomic E-state index is 13.0. The van der Waals surface area contributed by atoms with Crippen LogP contribution in [0.4, 0.5) is 5.13 Å². The van der Waals surface area contributed by atoms with Gasteiger partial charge in [0.25, 0.3) is 5.91 Å². The summed E-state index contributed by atoms with van der Waals surface area (Å²) >= 11 is 7.72. The molecule has 1 amide bonds. The van der Waals surface area contributed by atoms with Crippen LogP contribution in [0, 0.1) is 0 Å². The molecule has 0 N–H and O–H groups in total. The van der Waals surface area contributed by atoms with E-state index in [4.69, 9.17) is 21.1 Å². The Balaban J connectivity index is 1.77. The molecule has 0 saturated heterocycles. The third kappa shape index (κ3) is 5.59. The number of anilines is 1. The van der Waals surface area contributed by atoms with E-state index in [9.17, 15) is 4.79 Å². The summed E-state index contributed by atoms with van der Waals surface area (Å²) in [6.45, 7) is 1.33. The van der Waals surface area contributed by atoms with Gasteiger partial charge >= 0.3 is 0 Å². The molecule has 0 atom stereocenters. The second-order valence-electron chi connectivity index (χ2n) is 6.75. The molecule has 0 spiro atoms. The highest BCUT2D eigenvalue weighted by Gasteiger charge is 2.21. The van der Waals surface area contributed by atoms with Crippen LogP contribution in [0.2, 0.25) is 5.02 Å². The minimum Gasteiger partial charge on any atom is -0.497 e. The highest BCUT2D eigenvalue weighted by atomic mass is 35.5. The fourth-order valence-electron chi connectivity index (χ4n) is 2.80. The number of carbonyl (C=O) groups excluding carboxylic acids is 1. The van der Waals surface area contributed by atoms with Crippen molar-refractivity contribution < 1.29 is 14.3 Å². The number of thiazole rings is 1. The average molecular weight is 434 g/mol. The first-order valence-corrected chi connectivity index (χ1v) is 10.4. The molecule has 8 heteroatoms. The molecule has 1 aromatic heterocycles. The van der Waals surface area contributed by atoms with Gasteiger partial charge in [0, 0.05) is 12.6 Å². The largest absolute Gasteiger partial charge is 0.497 e. The van der Waals surface area contributed by atoms with Gasteiger partial charge in [-0.05, 0) is 51.3 Å². The number of amides is 1. The molecule has 0 aliphatic rings. The maximum Gasteiger partial charge on any atom is 0.266 e. The lowest BCUT2D eigenvalue weighted by Gasteiger charge is -2.21. The quantitative estimate of drug-likeness (QED) is 0.503. The molecule has 2 aromatic carbocycles. The Labute approximate surface area is 179 Å². The highest BCUT2D eigenvalue weighted by Crippen LogP contribution is 2.33. The standard InChI is InChI=1S/C21H24ClN3O3S/c1-24(2)11-6-12-25(21-23-20-17(22)9-5-10-18(20)29-21)19(26)14-28-16-8-4-7-15(13-16)27-3/h4-5,7-10,13H,6,11-12,14H2,1-3H3. The van der Waals surface area contributed by atoms with Crippen LogP contribution in [0.15, 0.2) is 42.5 Å². The van der Waals surface area contributed by atoms with E-state index in [1.165, 1.54) is 11.3 Å². The lowest BCUT2D eigenvalue weighted by molar-refractivity contribution is -0.120. The van der Waals surface area contributed by atoms with Crippen molar-refractivity contribution >= 4 is 44.2 Å². The molecular weight excluding hydrogens is 410 g/mol. The average Bonchev–Trinajstić information content (AvgIpc) is 3.14. The van der Waals surface area contributed by atoms with Crippen LogP contribution in [-0.4, -0.2) is 56.7 Å². The van der Waals surface area contributed by atoms with Crippen molar-refractivity contribution in [1.29, 1.82) is 0 Å². The molecule has 3 aromatic rings. The van der Waals surface area contributed by atoms with Gasteiger partial charge in [0.1, 0.15) is 17.0 Å². The number of nitrogens with zero attached hydrogens (tertiary/aromatic N) is 3. The molecule has 6 nitrogen and oxygen atoms in total. The van der Waals surface area contributed by atoms with Gasteiger partial charge in [0.05, 0.1) is 16.8 Å². The molecule has 3 rings (SSSR count). The number of ether oxygens (including phenoxy) is 2. The fourth-order valence-corrected chi connectivity index (χ4v) is 4.11. The fraction of sp³-hybridized carbons (Fsp3) is 0.333. The summed E-state index contributed by atoms with van der Waals surface area (Å²) in [6, 6.07) is 12.8. The first kappa shape index (κ1) is 21.4. The second-order valence-corrected chi connectivity index (χ2v) is 8.17. The zero-order valence-electron chi connectivity index (χ0n) is 16.7. The zero-order valence-corrected chi connectivity index (χ0v) is 18.3. The summed E-state index contributed by atoms with van der Waals surface area (Å²) in [6.07, 6.45) is 0.821. The summed E-state index contributed by atoms with van der Waals surface area (Å²) in [5.74, 6) is 1.11. The second kappa shape index (κ2) is 9.91. The Kier molecular flexibility index (Phi) is 7.30. The monoisotopic (exact) mass is 433 g/mol. The van der Waals surface area contributed by atoms with E-state index in [2.05, 4.69) is 9.88 Å². The SMILES string of the molecule is COc1cccc(OCC(=O)N(CCCN(C)C)c2nc3c(Cl)cccc3s2)c1. The van der Waals surface area contributed by atoms with Crippen LogP contribution in [-0.2, 0) is 4.79 Å². The Bertz CT molecular complexity index is 977. The van der Waals surface area contributed by atoms with Crippen LogP contribution in [0.1, 0.15) is 6.42 Å². The summed E-state index contributed by atoms with van der Waals surface area (Å²) in [5, 5.41) is 1.21. The van der Waals surface area contributed by atoms with E-state index in [1.54, 1.807) is 30.2 Å². The Morgan fingerprint density at radius 2 is 1.90 bits per heavy atom. The van der Waals surface area contributed by atoms with Gasteiger partial charge in [0.15, 0.2) is 11.7 Å². The predicted octanol–water partition coefficient (Wildman–Crippen LogP) is 4.32. The van der Waals surface area contributed by atoms with Crippen LogP contribution in [0.3, 0.4) is 0 Å². The molecule has 0 unspecified atom stereocenters. The molecular formula is C21H24ClN3O3S. The van der Waals surface area contributed by atoms with Crippen LogP contribution < -0.4 is 14.4 Å². The smallest absolute Gasteiger partial charge is 0.266 e. The van der Waals surface area contributed by atoms with Gasteiger partial charge in [-0.2, -0.15) is 0 Å². The predicted molar refractivity (Wildman–Crippen MR) is 119 cm³/mol. The molecule has 0 bridgehead atoms. The van der Waals surface area contributed by atoms with Crippen molar-refractivity contribution in [3.05, 3.63) is 47.5 Å². The van der Waals surface area contributed by atoms with Gasteiger partial charge in [-0.25, -0.2) is 4.98 Å². The van der Waals surface area contributed by atoms with Crippen LogP contribution >= 0.6 is 22.9 Å². The van der Waals surface area contributed by atoms with Crippen molar-refractivity contribution in [2.24, 2.45) is 0 Å². The lowest BCUT2D eigenvalue weighted by Crippen LogP contribution is -2.36. The number of halogens is 1. The number of hydrogen-bond acceptors (Lipinski definition) is 6. The third-order valence-corrected chi connectivity index (χ3v) is 5.63. The number of fused-ring (bicyclic) bond motifs is 1. The van der Waals surface area contributed by atoms with E-state index < -0.39 is 0 Å². The minimum absolute atomic E-state index is 0.0845. The van der Waals surface area contributed by atoms with E-state index in [-0.39, 0.29) is 12.5 Å². The Morgan fingerprint density at radius 3 is 2.62 bits per heavy atom. The first-order valence-electron chi connectivity index (χ1n) is 9.25. The van der Waals surface area contributed by atoms with Crippen LogP contribution in [0.25, 0.3) is 10.2 Å². The summed E-state index contributed by atoms with van der Waals surface area (Å²) in [7, 11) is 5.61. The molecule has 1 heterocycles. The number of rotatable bonds is 9. The number of aromatic nitrogens is 1. The van der Waals surface area contributed by atoms with Crippen molar-refractivity contribution in [2.75, 3.05) is 45.8 Å². The number of benzene rings is 2. The third-order valence-electron chi connectivity index (χ3n) is 4.28. The van der Waals surface area contributed by atoms with Gasteiger partial charge in [-0.1, -0.05) is 35.1 Å². The Morgan fingerprint density at radius 1 is 1.14 bits per heavy atom. The molecule has 0 fully saturated rings. The summed E-state index contributed by atoms with van der Waals surface area (Å²) in [4.78, 5) is 21.4. The van der Waals surface area contributed by atoms with Gasteiger partial charge in [-0.3, -0.25) is 9.69 Å². The molecule has 29 heavy (non-hydrogen) atoms. The lowest BCUT2D eigenvalue weighted by atomic mass is 10.3. The highest BCUT2D eigenvalue weighted by molar-refractivity contribution is 7.22. The van der Waals surface area contributed by atoms with Crippen molar-refractivity contribution in [3.8, 4) is 11.5 Å². The molecule has 154 valence electrons. The Hall–Kier alpha value is -2.35. The summed E-state index contributed by atoms with van der Waals surface area (Å²) < 4.78 is 11.9. The normalized spacial score (nSPS) is 11.1. The van der Waals surface area contributed by atoms with Crippen molar-refractivity contribution in [3.63, 3.8) is 0 Å². The first-order chi connectivity index (χ1) is 14.0. The molecule has 0 saturated carbocycles. The number of hydrogen-bond donors (Lipinski definition) is 0. The minimum atomic E-state index is -0.151. The zero-order chi connectivity index (χ0) is 20.8. The van der Waals surface area contributed by atoms with Crippen LogP contribution in [0.5, 0.6) is 11.5 Å². The van der Waals surface area contributed by atoms with E-state index in [0.29, 0.717) is 33.7 Å². The van der Waals surface area contributed by atoms with Crippen molar-refractivity contribution in [1.82, 2.24) is 9.88 Å². The summed E-state index contributed by atoms with van der Waals surface area (Å²) in [5.41, 5.74) is 0.716. The van der Waals surface area contributed by atoms with Gasteiger partial charge < -0.3 is 14.4 Å². The number of para-hydroxylation sites is 1. The maximum absolute atomic E-state index is 13.0. The van der Waals surface area contributed by atoms with Gasteiger partial charge in [-0.15, -0.1) is 0 Å². The molecule has 0 aliphatic carbocycles.